The van der Waals surface area contributed by atoms with E-state index in [9.17, 15) is 4.79 Å². The van der Waals surface area contributed by atoms with Crippen molar-refractivity contribution in [2.75, 3.05) is 13.1 Å². The van der Waals surface area contributed by atoms with Gasteiger partial charge in [0.15, 0.2) is 5.82 Å². The topological polar surface area (TPSA) is 96.6 Å². The molecule has 1 saturated heterocycles. The van der Waals surface area contributed by atoms with E-state index in [1.54, 1.807) is 0 Å². The quantitative estimate of drug-likeness (QED) is 0.303. The Morgan fingerprint density at radius 2 is 1.97 bits per heavy atom. The molecule has 2 atom stereocenters. The van der Waals surface area contributed by atoms with Crippen LogP contribution in [0.15, 0.2) is 23.3 Å². The molecule has 0 aromatic carbocycles. The number of aryl methyl sites for hydroxylation is 1. The number of aromatic amines is 1. The van der Waals surface area contributed by atoms with Crippen LogP contribution in [-0.2, 0) is 4.74 Å². The maximum Gasteiger partial charge on any atom is 0.410 e. The van der Waals surface area contributed by atoms with E-state index in [1.807, 2.05) is 50.1 Å². The minimum Gasteiger partial charge on any atom is -0.444 e. The molecule has 3 N–H and O–H groups in total. The highest BCUT2D eigenvalue weighted by Crippen LogP contribution is 2.52. The molecule has 7 nitrogen and oxygen atoms in total. The molecule has 1 saturated carbocycles. The maximum atomic E-state index is 12.7. The Labute approximate surface area is 217 Å². The molecule has 36 heavy (non-hydrogen) atoms. The molecule has 8 heteroatoms. The Morgan fingerprint density at radius 3 is 2.56 bits per heavy atom. The lowest BCUT2D eigenvalue weighted by Crippen LogP contribution is -2.46. The number of nitrogens with zero attached hydrogens (tertiary/aromatic N) is 3. The summed E-state index contributed by atoms with van der Waals surface area (Å²) in [6.45, 7) is 13.9. The van der Waals surface area contributed by atoms with Gasteiger partial charge in [-0.2, -0.15) is 0 Å². The number of ether oxygens (including phenoxy) is 1. The summed E-state index contributed by atoms with van der Waals surface area (Å²) in [7, 11) is 0. The second-order valence-corrected chi connectivity index (χ2v) is 12.7. The van der Waals surface area contributed by atoms with Crippen molar-refractivity contribution in [3.63, 3.8) is 0 Å². The highest BCUT2D eigenvalue weighted by Gasteiger charge is 2.45. The third kappa shape index (κ3) is 4.51. The number of likely N-dealkylation sites (tertiary alicyclic amines) is 1. The van der Waals surface area contributed by atoms with Gasteiger partial charge < -0.3 is 20.4 Å². The number of hydrogen-bond acceptors (Lipinski definition) is 5. The molecule has 5 rings (SSSR count). The summed E-state index contributed by atoms with van der Waals surface area (Å²) in [5.74, 6) is 2.51. The molecule has 3 aromatic rings. The zero-order valence-corrected chi connectivity index (χ0v) is 22.9. The summed E-state index contributed by atoms with van der Waals surface area (Å²) in [5.41, 5.74) is 10.8. The van der Waals surface area contributed by atoms with E-state index in [4.69, 9.17) is 10.5 Å². The van der Waals surface area contributed by atoms with E-state index in [1.165, 1.54) is 39.8 Å². The summed E-state index contributed by atoms with van der Waals surface area (Å²) in [4.78, 5) is 28.5. The average molecular weight is 508 g/mol. The van der Waals surface area contributed by atoms with Gasteiger partial charge in [-0.05, 0) is 81.5 Å². The van der Waals surface area contributed by atoms with Gasteiger partial charge in [0.05, 0.1) is 22.2 Å². The van der Waals surface area contributed by atoms with Crippen molar-refractivity contribution in [2.24, 2.45) is 22.6 Å². The number of fused-ring (bicyclic) bond motifs is 3. The van der Waals surface area contributed by atoms with Crippen molar-refractivity contribution in [3.05, 3.63) is 34.3 Å². The first-order valence-electron chi connectivity index (χ1n) is 12.9. The molecule has 1 aliphatic heterocycles. The average Bonchev–Trinajstić information content (AvgIpc) is 3.42. The molecule has 4 heterocycles. The zero-order chi connectivity index (χ0) is 25.8. The summed E-state index contributed by atoms with van der Waals surface area (Å²) in [6.07, 6.45) is 5.34. The van der Waals surface area contributed by atoms with E-state index < -0.39 is 5.60 Å². The first kappa shape index (κ1) is 24.8. The van der Waals surface area contributed by atoms with Crippen LogP contribution in [0.4, 0.5) is 10.6 Å². The number of nitrogens with one attached hydrogen (secondary N) is 1. The number of pyridine rings is 1. The first-order chi connectivity index (χ1) is 17.1. The van der Waals surface area contributed by atoms with E-state index in [0.29, 0.717) is 29.5 Å². The predicted molar refractivity (Wildman–Crippen MR) is 147 cm³/mol. The molecule has 1 amide bonds. The Morgan fingerprint density at radius 1 is 1.28 bits per heavy atom. The lowest BCUT2D eigenvalue weighted by Gasteiger charge is -2.38. The van der Waals surface area contributed by atoms with Crippen molar-refractivity contribution in [3.8, 4) is 11.3 Å². The molecule has 2 unspecified atom stereocenters. The van der Waals surface area contributed by atoms with E-state index in [0.717, 1.165) is 29.9 Å². The number of rotatable bonds is 4. The molecule has 2 fully saturated rings. The van der Waals surface area contributed by atoms with Gasteiger partial charge in [-0.3, -0.25) is 0 Å². The van der Waals surface area contributed by atoms with Crippen molar-refractivity contribution >= 4 is 39.8 Å². The Kier molecular flexibility index (Phi) is 6.35. The molecular weight excluding hydrogens is 470 g/mol. The fourth-order valence-corrected chi connectivity index (χ4v) is 7.64. The first-order valence-corrected chi connectivity index (χ1v) is 13.7. The monoisotopic (exact) mass is 507 g/mol. The maximum absolute atomic E-state index is 12.7. The van der Waals surface area contributed by atoms with E-state index >= 15 is 0 Å². The van der Waals surface area contributed by atoms with Crippen molar-refractivity contribution in [1.29, 1.82) is 0 Å². The molecule has 2 bridgehead atoms. The van der Waals surface area contributed by atoms with Gasteiger partial charge in [0.1, 0.15) is 5.60 Å². The minimum atomic E-state index is -0.462. The van der Waals surface area contributed by atoms with Crippen LogP contribution < -0.4 is 5.73 Å². The van der Waals surface area contributed by atoms with Gasteiger partial charge in [-0.25, -0.2) is 14.8 Å². The van der Waals surface area contributed by atoms with Crippen molar-refractivity contribution in [2.45, 2.75) is 71.8 Å². The number of amides is 1. The number of thiophene rings is 1. The zero-order valence-electron chi connectivity index (χ0n) is 22.1. The lowest BCUT2D eigenvalue weighted by molar-refractivity contribution is 0.0131. The van der Waals surface area contributed by atoms with Crippen LogP contribution in [0.25, 0.3) is 21.5 Å². The molecule has 1 aliphatic carbocycles. The van der Waals surface area contributed by atoms with Gasteiger partial charge in [0.25, 0.3) is 0 Å². The second kappa shape index (κ2) is 9.21. The van der Waals surface area contributed by atoms with Crippen LogP contribution in [0.1, 0.15) is 75.3 Å². The molecular formula is C28H37N5O2S. The van der Waals surface area contributed by atoms with Gasteiger partial charge in [-0.15, -0.1) is 11.3 Å². The lowest BCUT2D eigenvalue weighted by atomic mass is 9.84. The number of aliphatic imine (C=N–C) groups is 1. The summed E-state index contributed by atoms with van der Waals surface area (Å²) in [6, 6.07) is 4.49. The molecule has 192 valence electrons. The number of piperidine rings is 1. The fourth-order valence-electron chi connectivity index (χ4n) is 6.03. The summed E-state index contributed by atoms with van der Waals surface area (Å²) >= 11 is 1.93. The van der Waals surface area contributed by atoms with Crippen LogP contribution >= 0.6 is 11.3 Å². The highest BCUT2D eigenvalue weighted by molar-refractivity contribution is 7.19. The summed E-state index contributed by atoms with van der Waals surface area (Å²) < 4.78 is 7.01. The van der Waals surface area contributed by atoms with Crippen molar-refractivity contribution < 1.29 is 9.53 Å². The van der Waals surface area contributed by atoms with Crippen LogP contribution in [0.3, 0.4) is 0 Å². The third-order valence-corrected chi connectivity index (χ3v) is 8.72. The smallest absolute Gasteiger partial charge is 0.410 e. The number of nitrogens with two attached hydrogens (primary N) is 1. The van der Waals surface area contributed by atoms with Gasteiger partial charge in [-0.1, -0.05) is 13.8 Å². The molecule has 0 radical (unpaired) electrons. The second-order valence-electron chi connectivity index (χ2n) is 11.6. The normalized spacial score (nSPS) is 22.3. The van der Waals surface area contributed by atoms with Crippen molar-refractivity contribution in [1.82, 2.24) is 14.9 Å². The number of carbonyl (C=O) groups excluding carboxylic acids is 1. The van der Waals surface area contributed by atoms with Crippen LogP contribution in [-0.4, -0.2) is 46.0 Å². The highest BCUT2D eigenvalue weighted by atomic mass is 32.1. The van der Waals surface area contributed by atoms with Crippen LogP contribution in [0.5, 0.6) is 0 Å². The number of carbonyl (C=O) groups is 1. The van der Waals surface area contributed by atoms with Gasteiger partial charge in [0.2, 0.25) is 0 Å². The molecule has 2 aliphatic rings. The third-order valence-electron chi connectivity index (χ3n) is 7.45. The Hall–Kier alpha value is -2.87. The SMILES string of the molecule is Cc1cc(-c2[nH]c3cc(C4C5CCC4CN(C(=O)OC(C)(C)C)C5)sc3c2C(C)C)cnc1N=CN. The van der Waals surface area contributed by atoms with Crippen LogP contribution in [0.2, 0.25) is 0 Å². The number of H-pyrrole nitrogens is 1. The summed E-state index contributed by atoms with van der Waals surface area (Å²) in [5, 5.41) is 0. The minimum absolute atomic E-state index is 0.171. The van der Waals surface area contributed by atoms with Gasteiger partial charge in [0, 0.05) is 35.6 Å². The number of aromatic nitrogens is 2. The number of hydrogen-bond donors (Lipinski definition) is 2. The molecule has 3 aromatic heterocycles. The van der Waals surface area contributed by atoms with E-state index in [-0.39, 0.29) is 6.09 Å². The van der Waals surface area contributed by atoms with E-state index in [2.05, 4.69) is 40.9 Å². The molecule has 0 spiro atoms. The van der Waals surface area contributed by atoms with Crippen LogP contribution in [0, 0.1) is 18.8 Å². The van der Waals surface area contributed by atoms with Gasteiger partial charge >= 0.3 is 6.09 Å². The largest absolute Gasteiger partial charge is 0.444 e. The Bertz CT molecular complexity index is 1300. The fraction of sp³-hybridized carbons (Fsp3) is 0.536. The Balaban J connectivity index is 1.44. The standard InChI is InChI=1S/C28H37N5O2S/c1-15(2)22-24(19-9-16(3)26(30-11-19)31-14-29)32-20-10-21(36-25(20)22)23-17-7-8-18(23)13-33(12-17)27(34)35-28(4,5)6/h9-11,14-15,17-18,23,32H,7-8,12-13H2,1-6H3,(H2,29,30,31). The predicted octanol–water partition coefficient (Wildman–Crippen LogP) is 6.70.